The number of alkyl halides is 3. The number of hydrogen-bond acceptors (Lipinski definition) is 2. The Morgan fingerprint density at radius 2 is 1.60 bits per heavy atom. The van der Waals surface area contributed by atoms with E-state index in [1.54, 1.807) is 6.20 Å². The lowest BCUT2D eigenvalue weighted by molar-refractivity contribution is -0.660. The second-order valence-corrected chi connectivity index (χ2v) is 12.1. The Hall–Kier alpha value is -2.73. The molecule has 0 amide bonds. The predicted molar refractivity (Wildman–Crippen MR) is 139 cm³/mol. The Balaban J connectivity index is 1.81. The van der Waals surface area contributed by atoms with E-state index in [9.17, 15) is 13.2 Å². The van der Waals surface area contributed by atoms with Crippen LogP contribution in [0.4, 0.5) is 13.2 Å². The maximum Gasteiger partial charge on any atom is 0.394 e. The lowest BCUT2D eigenvalue weighted by Crippen LogP contribution is -2.34. The minimum atomic E-state index is -4.27. The molecule has 0 atom stereocenters. The Labute approximate surface area is 209 Å². The molecule has 0 bridgehead atoms. The molecule has 0 N–H and O–H groups in total. The van der Waals surface area contributed by atoms with E-state index in [4.69, 9.17) is 0 Å². The van der Waals surface area contributed by atoms with E-state index in [1.165, 1.54) is 47.1 Å². The molecular formula is C29H32F3N2S+. The first kappa shape index (κ1) is 25.4. The Bertz CT molecular complexity index is 1390. The molecule has 0 aliphatic carbocycles. The van der Waals surface area contributed by atoms with Crippen LogP contribution in [0.2, 0.25) is 0 Å². The molecule has 0 saturated carbocycles. The molecule has 4 aromatic rings. The van der Waals surface area contributed by atoms with Crippen LogP contribution in [-0.4, -0.2) is 11.2 Å². The molecule has 2 heterocycles. The molecule has 35 heavy (non-hydrogen) atoms. The standard InChI is InChI=1S/C29H32F3N2S/c1-18-20-10-8-9-11-21(20)23(27(2,3)4)15-22(18)24-14-19(12-13-34(24)7)25-17-33-26(35-25)16-28(5,6)29(30,31)32/h8-15,17H,16H2,1-7H3/q+1. The number of halogens is 3. The van der Waals surface area contributed by atoms with E-state index in [0.29, 0.717) is 5.01 Å². The summed E-state index contributed by atoms with van der Waals surface area (Å²) >= 11 is 1.33. The minimum Gasteiger partial charge on any atom is -0.249 e. The van der Waals surface area contributed by atoms with Gasteiger partial charge in [0.2, 0.25) is 5.69 Å². The second-order valence-electron chi connectivity index (χ2n) is 11.0. The van der Waals surface area contributed by atoms with E-state index >= 15 is 0 Å². The van der Waals surface area contributed by atoms with Crippen molar-refractivity contribution in [2.75, 3.05) is 0 Å². The number of benzene rings is 2. The number of pyridine rings is 1. The summed E-state index contributed by atoms with van der Waals surface area (Å²) in [5, 5.41) is 2.99. The number of aromatic nitrogens is 2. The average molecular weight is 498 g/mol. The van der Waals surface area contributed by atoms with Crippen LogP contribution in [0, 0.1) is 12.3 Å². The predicted octanol–water partition coefficient (Wildman–Crippen LogP) is 8.19. The molecule has 0 aliphatic rings. The zero-order valence-corrected chi connectivity index (χ0v) is 22.2. The summed E-state index contributed by atoms with van der Waals surface area (Å²) < 4.78 is 42.2. The van der Waals surface area contributed by atoms with Crippen LogP contribution in [0.25, 0.3) is 32.5 Å². The first-order valence-electron chi connectivity index (χ1n) is 11.7. The number of rotatable bonds is 4. The van der Waals surface area contributed by atoms with Gasteiger partial charge < -0.3 is 0 Å². The van der Waals surface area contributed by atoms with Crippen molar-refractivity contribution < 1.29 is 17.7 Å². The highest BCUT2D eigenvalue weighted by Gasteiger charge is 2.47. The van der Waals surface area contributed by atoms with Gasteiger partial charge in [-0.1, -0.05) is 58.9 Å². The van der Waals surface area contributed by atoms with Crippen molar-refractivity contribution in [3.63, 3.8) is 0 Å². The third kappa shape index (κ3) is 4.86. The molecule has 2 aromatic heterocycles. The lowest BCUT2D eigenvalue weighted by Gasteiger charge is -2.26. The third-order valence-corrected chi connectivity index (χ3v) is 7.79. The highest BCUT2D eigenvalue weighted by Crippen LogP contribution is 2.42. The molecule has 2 aromatic carbocycles. The molecule has 4 rings (SSSR count). The van der Waals surface area contributed by atoms with E-state index in [2.05, 4.69) is 73.6 Å². The number of fused-ring (bicyclic) bond motifs is 1. The number of nitrogens with zero attached hydrogens (tertiary/aromatic N) is 2. The van der Waals surface area contributed by atoms with Crippen molar-refractivity contribution in [2.24, 2.45) is 12.5 Å². The smallest absolute Gasteiger partial charge is 0.249 e. The molecular weight excluding hydrogens is 465 g/mol. The topological polar surface area (TPSA) is 16.8 Å². The summed E-state index contributed by atoms with van der Waals surface area (Å²) in [6.07, 6.45) is -0.702. The largest absolute Gasteiger partial charge is 0.394 e. The monoisotopic (exact) mass is 497 g/mol. The second kappa shape index (κ2) is 8.74. The minimum absolute atomic E-state index is 0.0317. The zero-order chi connectivity index (χ0) is 25.8. The number of hydrogen-bond donors (Lipinski definition) is 0. The van der Waals surface area contributed by atoms with Crippen molar-refractivity contribution in [3.05, 3.63) is 71.0 Å². The van der Waals surface area contributed by atoms with Gasteiger partial charge in [-0.05, 0) is 40.3 Å². The fourth-order valence-electron chi connectivity index (χ4n) is 4.40. The van der Waals surface area contributed by atoms with Gasteiger partial charge in [-0.2, -0.15) is 13.2 Å². The highest BCUT2D eigenvalue weighted by atomic mass is 32.1. The zero-order valence-electron chi connectivity index (χ0n) is 21.3. The normalized spacial score (nSPS) is 13.0. The summed E-state index contributed by atoms with van der Waals surface area (Å²) in [5.41, 5.74) is 3.81. The molecule has 0 spiro atoms. The molecule has 2 nitrogen and oxygen atoms in total. The number of thiazole rings is 1. The van der Waals surface area contributed by atoms with E-state index in [0.717, 1.165) is 21.7 Å². The van der Waals surface area contributed by atoms with Crippen LogP contribution in [0.5, 0.6) is 0 Å². The van der Waals surface area contributed by atoms with E-state index in [1.807, 2.05) is 19.3 Å². The summed E-state index contributed by atoms with van der Waals surface area (Å²) in [7, 11) is 2.02. The fraction of sp³-hybridized carbons (Fsp3) is 0.379. The molecule has 0 saturated heterocycles. The maximum atomic E-state index is 13.4. The van der Waals surface area contributed by atoms with Gasteiger partial charge in [-0.3, -0.25) is 0 Å². The van der Waals surface area contributed by atoms with Gasteiger partial charge in [-0.15, -0.1) is 11.3 Å². The Kier molecular flexibility index (Phi) is 6.33. The third-order valence-electron chi connectivity index (χ3n) is 6.75. The molecule has 0 radical (unpaired) electrons. The van der Waals surface area contributed by atoms with Gasteiger partial charge in [0.05, 0.1) is 15.3 Å². The van der Waals surface area contributed by atoms with E-state index in [-0.39, 0.29) is 11.8 Å². The van der Waals surface area contributed by atoms with Crippen LogP contribution < -0.4 is 4.57 Å². The Morgan fingerprint density at radius 3 is 2.23 bits per heavy atom. The SMILES string of the molecule is Cc1c(-c2cc(-c3cnc(CC(C)(C)C(F)(F)F)s3)cc[n+]2C)cc(C(C)(C)C)c2ccccc12. The van der Waals surface area contributed by atoms with Crippen LogP contribution >= 0.6 is 11.3 Å². The molecule has 6 heteroatoms. The fourth-order valence-corrected chi connectivity index (χ4v) is 5.54. The quantitative estimate of drug-likeness (QED) is 0.260. The van der Waals surface area contributed by atoms with Crippen molar-refractivity contribution >= 4 is 22.1 Å². The summed E-state index contributed by atoms with van der Waals surface area (Å²) in [5.74, 6) is 0. The first-order chi connectivity index (χ1) is 16.2. The molecule has 0 unspecified atom stereocenters. The van der Waals surface area contributed by atoms with Gasteiger partial charge >= 0.3 is 6.18 Å². The van der Waals surface area contributed by atoms with Crippen LogP contribution in [-0.2, 0) is 18.9 Å². The average Bonchev–Trinajstić information content (AvgIpc) is 3.21. The van der Waals surface area contributed by atoms with Gasteiger partial charge in [0, 0.05) is 35.9 Å². The van der Waals surface area contributed by atoms with Gasteiger partial charge in [0.15, 0.2) is 6.20 Å². The maximum absolute atomic E-state index is 13.4. The lowest BCUT2D eigenvalue weighted by atomic mass is 9.80. The number of aryl methyl sites for hydroxylation is 2. The van der Waals surface area contributed by atoms with Crippen molar-refractivity contribution in [1.82, 2.24) is 4.98 Å². The van der Waals surface area contributed by atoms with Crippen LogP contribution in [0.3, 0.4) is 0 Å². The first-order valence-corrected chi connectivity index (χ1v) is 12.6. The molecule has 184 valence electrons. The van der Waals surface area contributed by atoms with Gasteiger partial charge in [0.25, 0.3) is 0 Å². The summed E-state index contributed by atoms with van der Waals surface area (Å²) in [6, 6.07) is 14.9. The molecule has 0 aliphatic heterocycles. The van der Waals surface area contributed by atoms with Crippen LogP contribution in [0.1, 0.15) is 50.8 Å². The van der Waals surface area contributed by atoms with Gasteiger partial charge in [0.1, 0.15) is 7.05 Å². The van der Waals surface area contributed by atoms with Crippen molar-refractivity contribution in [1.29, 1.82) is 0 Å². The van der Waals surface area contributed by atoms with Crippen LogP contribution in [0.15, 0.2) is 54.9 Å². The van der Waals surface area contributed by atoms with Crippen molar-refractivity contribution in [3.8, 4) is 21.7 Å². The highest BCUT2D eigenvalue weighted by molar-refractivity contribution is 7.15. The van der Waals surface area contributed by atoms with Gasteiger partial charge in [-0.25, -0.2) is 9.55 Å². The van der Waals surface area contributed by atoms with Crippen molar-refractivity contribution in [2.45, 2.75) is 59.6 Å². The Morgan fingerprint density at radius 1 is 0.943 bits per heavy atom. The summed E-state index contributed by atoms with van der Waals surface area (Å²) in [6.45, 7) is 11.3. The molecule has 0 fully saturated rings. The summed E-state index contributed by atoms with van der Waals surface area (Å²) in [4.78, 5) is 5.20. The van der Waals surface area contributed by atoms with E-state index < -0.39 is 11.6 Å².